The number of ketones is 2. The van der Waals surface area contributed by atoms with Crippen LogP contribution in [0, 0.1) is 41.4 Å². The topological polar surface area (TPSA) is 74.6 Å². The molecular formula is C28H38O4. The van der Waals surface area contributed by atoms with Gasteiger partial charge in [-0.05, 0) is 73.0 Å². The number of hydrogen-bond donors (Lipinski definition) is 2. The van der Waals surface area contributed by atoms with Gasteiger partial charge < -0.3 is 10.2 Å². The number of fused-ring (bicyclic) bond motifs is 3. The lowest BCUT2D eigenvalue weighted by molar-refractivity contribution is -0.127. The molecule has 0 amide bonds. The van der Waals surface area contributed by atoms with Gasteiger partial charge in [0.15, 0.2) is 17.3 Å². The van der Waals surface area contributed by atoms with Crippen LogP contribution in [0.5, 0.6) is 11.5 Å². The van der Waals surface area contributed by atoms with Crippen LogP contribution in [0.4, 0.5) is 0 Å². The molecule has 32 heavy (non-hydrogen) atoms. The highest BCUT2D eigenvalue weighted by Gasteiger charge is 2.56. The van der Waals surface area contributed by atoms with Crippen molar-refractivity contribution in [3.63, 3.8) is 0 Å². The maximum atomic E-state index is 13.3. The number of carbonyl (C=O) groups excluding carboxylic acids is 2. The van der Waals surface area contributed by atoms with Gasteiger partial charge in [-0.15, -0.1) is 0 Å². The van der Waals surface area contributed by atoms with E-state index >= 15 is 0 Å². The van der Waals surface area contributed by atoms with E-state index in [0.29, 0.717) is 41.4 Å². The molecule has 0 aliphatic heterocycles. The largest absolute Gasteiger partial charge is 0.504 e. The second kappa shape index (κ2) is 8.83. The van der Waals surface area contributed by atoms with Crippen LogP contribution in [0.3, 0.4) is 0 Å². The highest BCUT2D eigenvalue weighted by Crippen LogP contribution is 2.56. The van der Waals surface area contributed by atoms with Crippen molar-refractivity contribution in [3.05, 3.63) is 23.3 Å². The van der Waals surface area contributed by atoms with Crippen molar-refractivity contribution in [2.24, 2.45) is 41.4 Å². The maximum Gasteiger partial charge on any atom is 0.166 e. The second-order valence-electron chi connectivity index (χ2n) is 11.3. The molecule has 2 N–H and O–H groups in total. The Morgan fingerprint density at radius 1 is 0.969 bits per heavy atom. The molecule has 0 spiro atoms. The lowest BCUT2D eigenvalue weighted by Gasteiger charge is -2.36. The van der Waals surface area contributed by atoms with E-state index in [2.05, 4.69) is 6.92 Å². The number of rotatable bonds is 6. The minimum atomic E-state index is -0.209. The molecule has 0 aromatic heterocycles. The van der Waals surface area contributed by atoms with Crippen molar-refractivity contribution in [3.8, 4) is 11.5 Å². The van der Waals surface area contributed by atoms with E-state index < -0.39 is 0 Å². The zero-order chi connectivity index (χ0) is 22.4. The molecule has 0 radical (unpaired) electrons. The third-order valence-electron chi connectivity index (χ3n) is 9.41. The molecule has 4 heteroatoms. The summed E-state index contributed by atoms with van der Waals surface area (Å²) in [5.41, 5.74) is 1.46. The fourth-order valence-electron chi connectivity index (χ4n) is 7.73. The van der Waals surface area contributed by atoms with Gasteiger partial charge in [-0.2, -0.15) is 0 Å². The Kier molecular flexibility index (Phi) is 6.07. The van der Waals surface area contributed by atoms with Crippen LogP contribution in [0.1, 0.15) is 93.5 Å². The van der Waals surface area contributed by atoms with E-state index in [0.717, 1.165) is 37.2 Å². The van der Waals surface area contributed by atoms with Gasteiger partial charge in [-0.1, -0.05) is 51.9 Å². The van der Waals surface area contributed by atoms with Crippen LogP contribution in [-0.2, 0) is 11.2 Å². The average molecular weight is 439 g/mol. The molecule has 1 aromatic rings. The third kappa shape index (κ3) is 3.99. The molecule has 4 nitrogen and oxygen atoms in total. The SMILES string of the molecule is CC1CCCC2CCCCC2C1C(=O)CCCCC1C2Cc3cc(O)c(O)cc3C(=O)C12. The van der Waals surface area contributed by atoms with E-state index in [9.17, 15) is 19.8 Å². The van der Waals surface area contributed by atoms with E-state index in [-0.39, 0.29) is 29.1 Å². The van der Waals surface area contributed by atoms with Gasteiger partial charge in [-0.3, -0.25) is 9.59 Å². The summed E-state index contributed by atoms with van der Waals surface area (Å²) in [4.78, 5) is 26.1. The van der Waals surface area contributed by atoms with Crippen molar-refractivity contribution < 1.29 is 19.8 Å². The molecule has 174 valence electrons. The second-order valence-corrected chi connectivity index (χ2v) is 11.3. The summed E-state index contributed by atoms with van der Waals surface area (Å²) in [7, 11) is 0. The van der Waals surface area contributed by atoms with Crippen LogP contribution in [0.25, 0.3) is 0 Å². The van der Waals surface area contributed by atoms with Crippen LogP contribution in [0.15, 0.2) is 12.1 Å². The number of aromatic hydroxyl groups is 2. The Morgan fingerprint density at radius 2 is 1.72 bits per heavy atom. The Labute approximate surface area is 191 Å². The summed E-state index contributed by atoms with van der Waals surface area (Å²) in [6.45, 7) is 2.31. The zero-order valence-corrected chi connectivity index (χ0v) is 19.4. The number of benzene rings is 1. The van der Waals surface area contributed by atoms with Crippen LogP contribution in [0.2, 0.25) is 0 Å². The van der Waals surface area contributed by atoms with Crippen molar-refractivity contribution >= 4 is 11.6 Å². The lowest BCUT2D eigenvalue weighted by Crippen LogP contribution is -2.34. The number of unbranched alkanes of at least 4 members (excludes halogenated alkanes) is 1. The molecule has 7 atom stereocenters. The molecule has 4 aliphatic carbocycles. The quantitative estimate of drug-likeness (QED) is 0.417. The fraction of sp³-hybridized carbons (Fsp3) is 0.714. The predicted molar refractivity (Wildman–Crippen MR) is 124 cm³/mol. The van der Waals surface area contributed by atoms with Gasteiger partial charge in [0.25, 0.3) is 0 Å². The normalized spacial score (nSPS) is 35.9. The zero-order valence-electron chi connectivity index (χ0n) is 19.4. The van der Waals surface area contributed by atoms with E-state index in [1.807, 2.05) is 0 Å². The first-order valence-corrected chi connectivity index (χ1v) is 13.1. The minimum absolute atomic E-state index is 0.0759. The number of hydrogen-bond acceptors (Lipinski definition) is 4. The molecule has 5 rings (SSSR count). The molecule has 0 bridgehead atoms. The standard InChI is InChI=1S/C28H38O4/c1-16-7-6-9-17-8-2-3-10-19(17)26(16)23(29)12-5-4-11-20-22-13-18-14-24(30)25(31)15-21(18)28(32)27(20)22/h14-17,19-20,22,26-27,30-31H,2-13H2,1H3. The number of phenols is 2. The predicted octanol–water partition coefficient (Wildman–Crippen LogP) is 6.07. The molecular weight excluding hydrogens is 400 g/mol. The van der Waals surface area contributed by atoms with E-state index in [1.54, 1.807) is 6.07 Å². The van der Waals surface area contributed by atoms with E-state index in [1.165, 1.54) is 51.0 Å². The summed E-state index contributed by atoms with van der Waals surface area (Å²) < 4.78 is 0. The summed E-state index contributed by atoms with van der Waals surface area (Å²) in [5.74, 6) is 3.36. The Balaban J connectivity index is 1.13. The summed E-state index contributed by atoms with van der Waals surface area (Å²) in [5, 5.41) is 19.5. The number of phenolic OH excluding ortho intramolecular Hbond substituents is 2. The van der Waals surface area contributed by atoms with Gasteiger partial charge in [0, 0.05) is 23.8 Å². The minimum Gasteiger partial charge on any atom is -0.504 e. The summed E-state index contributed by atoms with van der Waals surface area (Å²) in [6.07, 6.45) is 13.5. The van der Waals surface area contributed by atoms with Crippen LogP contribution >= 0.6 is 0 Å². The first-order valence-electron chi connectivity index (χ1n) is 13.1. The average Bonchev–Trinajstić information content (AvgIpc) is 3.49. The van der Waals surface area contributed by atoms with Crippen LogP contribution < -0.4 is 0 Å². The van der Waals surface area contributed by atoms with Gasteiger partial charge in [-0.25, -0.2) is 0 Å². The first-order chi connectivity index (χ1) is 15.5. The van der Waals surface area contributed by atoms with Crippen LogP contribution in [-0.4, -0.2) is 21.8 Å². The maximum absolute atomic E-state index is 13.3. The van der Waals surface area contributed by atoms with Gasteiger partial charge in [0.2, 0.25) is 0 Å². The van der Waals surface area contributed by atoms with Crippen molar-refractivity contribution in [2.75, 3.05) is 0 Å². The monoisotopic (exact) mass is 438 g/mol. The molecule has 0 heterocycles. The van der Waals surface area contributed by atoms with Gasteiger partial charge in [0.1, 0.15) is 5.78 Å². The first kappa shape index (κ1) is 22.0. The molecule has 7 unspecified atom stereocenters. The molecule has 1 aromatic carbocycles. The third-order valence-corrected chi connectivity index (χ3v) is 9.41. The Bertz CT molecular complexity index is 890. The molecule has 3 saturated carbocycles. The fourth-order valence-corrected chi connectivity index (χ4v) is 7.73. The summed E-state index contributed by atoms with van der Waals surface area (Å²) >= 11 is 0. The highest BCUT2D eigenvalue weighted by atomic mass is 16.3. The summed E-state index contributed by atoms with van der Waals surface area (Å²) in [6, 6.07) is 2.99. The van der Waals surface area contributed by atoms with Crippen molar-refractivity contribution in [1.82, 2.24) is 0 Å². The molecule has 3 fully saturated rings. The van der Waals surface area contributed by atoms with E-state index in [4.69, 9.17) is 0 Å². The Morgan fingerprint density at radius 3 is 2.56 bits per heavy atom. The Hall–Kier alpha value is -1.84. The number of carbonyl (C=O) groups is 2. The van der Waals surface area contributed by atoms with Gasteiger partial charge in [0.05, 0.1) is 0 Å². The highest BCUT2D eigenvalue weighted by molar-refractivity contribution is 6.03. The molecule has 0 saturated heterocycles. The smallest absolute Gasteiger partial charge is 0.166 e. The van der Waals surface area contributed by atoms with Crippen molar-refractivity contribution in [1.29, 1.82) is 0 Å². The van der Waals surface area contributed by atoms with Gasteiger partial charge >= 0.3 is 0 Å². The van der Waals surface area contributed by atoms with Crippen molar-refractivity contribution in [2.45, 2.75) is 84.0 Å². The molecule has 4 aliphatic rings. The number of Topliss-reactive ketones (excluding diaryl/α,β-unsaturated/α-hetero) is 2. The lowest BCUT2D eigenvalue weighted by atomic mass is 9.67.